The van der Waals surface area contributed by atoms with Crippen LogP contribution in [0.4, 0.5) is 0 Å². The maximum absolute atomic E-state index is 6.62. The topological polar surface area (TPSA) is 38.9 Å². The Labute approximate surface area is 121 Å². The number of rotatable bonds is 0. The van der Waals surface area contributed by atoms with Crippen molar-refractivity contribution in [2.45, 2.75) is 51.0 Å². The second-order valence-electron chi connectivity index (χ2n) is 7.54. The molecule has 4 fully saturated rings. The molecule has 0 aromatic carbocycles. The lowest BCUT2D eigenvalue weighted by atomic mass is 9.47. The van der Waals surface area contributed by atoms with Crippen LogP contribution in [0, 0.1) is 36.0 Å². The van der Waals surface area contributed by atoms with E-state index in [-0.39, 0.29) is 11.0 Å². The molecule has 2 nitrogen and oxygen atoms in total. The smallest absolute Gasteiger partial charge is 0.0385 e. The summed E-state index contributed by atoms with van der Waals surface area (Å²) in [5.41, 5.74) is 9.05. The van der Waals surface area contributed by atoms with Gasteiger partial charge in [-0.05, 0) is 69.4 Å². The minimum absolute atomic E-state index is 0.0902. The largest absolute Gasteiger partial charge is 0.325 e. The Bertz CT molecular complexity index is 593. The van der Waals surface area contributed by atoms with E-state index >= 15 is 0 Å². The highest BCUT2D eigenvalue weighted by Gasteiger charge is 2.55. The van der Waals surface area contributed by atoms with Crippen LogP contribution in [0.2, 0.25) is 0 Å². The van der Waals surface area contributed by atoms with E-state index in [1.807, 2.05) is 19.2 Å². The molecule has 1 heterocycles. The van der Waals surface area contributed by atoms with Crippen molar-refractivity contribution in [2.75, 3.05) is 0 Å². The van der Waals surface area contributed by atoms with Crippen LogP contribution in [0.1, 0.15) is 49.8 Å². The molecule has 5 rings (SSSR count). The third-order valence-electron chi connectivity index (χ3n) is 5.48. The van der Waals surface area contributed by atoms with Crippen molar-refractivity contribution in [2.24, 2.45) is 23.0 Å². The van der Waals surface area contributed by atoms with Crippen molar-refractivity contribution in [3.8, 4) is 11.8 Å². The monoisotopic (exact) mass is 266 g/mol. The van der Waals surface area contributed by atoms with Crippen LogP contribution >= 0.6 is 0 Å². The van der Waals surface area contributed by atoms with E-state index in [0.29, 0.717) is 0 Å². The van der Waals surface area contributed by atoms with Crippen molar-refractivity contribution in [3.05, 3.63) is 29.6 Å². The van der Waals surface area contributed by atoms with Gasteiger partial charge in [0.2, 0.25) is 0 Å². The van der Waals surface area contributed by atoms with E-state index in [1.54, 1.807) is 0 Å². The molecule has 2 heteroatoms. The Morgan fingerprint density at radius 1 is 1.25 bits per heavy atom. The average molecular weight is 266 g/mol. The zero-order valence-corrected chi connectivity index (χ0v) is 12.2. The zero-order chi connectivity index (χ0) is 13.8. The lowest BCUT2D eigenvalue weighted by Gasteiger charge is -2.59. The summed E-state index contributed by atoms with van der Waals surface area (Å²) in [6.45, 7) is 2.02. The van der Waals surface area contributed by atoms with Gasteiger partial charge in [-0.3, -0.25) is 4.98 Å². The standard InChI is InChI=1S/C18H22N2/c1-13-6-14(3-5-20-13)2-4-17-8-15-7-16(9-17)11-18(19,10-15)12-17/h3,5-6,15-16H,7-12,19H2,1H3. The molecular weight excluding hydrogens is 244 g/mol. The normalized spacial score (nSPS) is 41.3. The maximum Gasteiger partial charge on any atom is 0.0385 e. The highest BCUT2D eigenvalue weighted by atomic mass is 14.8. The number of aromatic nitrogens is 1. The second-order valence-corrected chi connectivity index (χ2v) is 7.54. The Hall–Kier alpha value is -1.33. The van der Waals surface area contributed by atoms with E-state index in [1.165, 1.54) is 32.1 Å². The molecule has 4 bridgehead atoms. The number of pyridine rings is 1. The fourth-order valence-corrected chi connectivity index (χ4v) is 5.31. The number of hydrogen-bond donors (Lipinski definition) is 1. The van der Waals surface area contributed by atoms with Crippen LogP contribution in [0.25, 0.3) is 0 Å². The first kappa shape index (κ1) is 12.4. The molecule has 2 atom stereocenters. The first-order valence-electron chi connectivity index (χ1n) is 7.79. The predicted molar refractivity (Wildman–Crippen MR) is 79.9 cm³/mol. The van der Waals surface area contributed by atoms with Crippen LogP contribution in [-0.4, -0.2) is 10.5 Å². The number of hydrogen-bond acceptors (Lipinski definition) is 2. The van der Waals surface area contributed by atoms with E-state index < -0.39 is 0 Å². The fourth-order valence-electron chi connectivity index (χ4n) is 5.31. The van der Waals surface area contributed by atoms with E-state index in [0.717, 1.165) is 29.5 Å². The van der Waals surface area contributed by atoms with E-state index in [9.17, 15) is 0 Å². The summed E-state index contributed by atoms with van der Waals surface area (Å²) in [7, 11) is 0. The highest BCUT2D eigenvalue weighted by Crippen LogP contribution is 2.60. The van der Waals surface area contributed by atoms with Gasteiger partial charge in [-0.15, -0.1) is 0 Å². The molecule has 0 aliphatic heterocycles. The van der Waals surface area contributed by atoms with Gasteiger partial charge >= 0.3 is 0 Å². The molecule has 1 aromatic heterocycles. The summed E-state index contributed by atoms with van der Waals surface area (Å²) in [5.74, 6) is 8.71. The van der Waals surface area contributed by atoms with Crippen molar-refractivity contribution in [1.29, 1.82) is 0 Å². The summed E-state index contributed by atoms with van der Waals surface area (Å²) < 4.78 is 0. The molecule has 0 saturated heterocycles. The van der Waals surface area contributed by atoms with Crippen molar-refractivity contribution in [1.82, 2.24) is 4.98 Å². The number of nitrogens with zero attached hydrogens (tertiary/aromatic N) is 1. The molecule has 1 aromatic rings. The molecular formula is C18H22N2. The van der Waals surface area contributed by atoms with E-state index in [4.69, 9.17) is 5.73 Å². The maximum atomic E-state index is 6.62. The number of aryl methyl sites for hydroxylation is 1. The minimum Gasteiger partial charge on any atom is -0.325 e. The summed E-state index contributed by atoms with van der Waals surface area (Å²) in [6.07, 6.45) is 9.39. The zero-order valence-electron chi connectivity index (χ0n) is 12.2. The van der Waals surface area contributed by atoms with Gasteiger partial charge in [0.1, 0.15) is 0 Å². The first-order valence-corrected chi connectivity index (χ1v) is 7.79. The molecule has 0 amide bonds. The van der Waals surface area contributed by atoms with Gasteiger partial charge in [0, 0.05) is 28.4 Å². The molecule has 4 aliphatic rings. The van der Waals surface area contributed by atoms with Crippen molar-refractivity contribution in [3.63, 3.8) is 0 Å². The first-order chi connectivity index (χ1) is 9.54. The Morgan fingerprint density at radius 2 is 2.00 bits per heavy atom. The van der Waals surface area contributed by atoms with Gasteiger partial charge < -0.3 is 5.73 Å². The van der Waals surface area contributed by atoms with Gasteiger partial charge in [-0.25, -0.2) is 0 Å². The van der Waals surface area contributed by atoms with Gasteiger partial charge in [-0.1, -0.05) is 11.8 Å². The molecule has 4 saturated carbocycles. The molecule has 2 unspecified atom stereocenters. The summed E-state index contributed by atoms with van der Waals surface area (Å²) >= 11 is 0. The summed E-state index contributed by atoms with van der Waals surface area (Å²) in [5, 5.41) is 0. The summed E-state index contributed by atoms with van der Waals surface area (Å²) in [4.78, 5) is 4.24. The van der Waals surface area contributed by atoms with Crippen LogP contribution in [0.3, 0.4) is 0 Å². The molecule has 2 N–H and O–H groups in total. The quantitative estimate of drug-likeness (QED) is 0.733. The van der Waals surface area contributed by atoms with Crippen LogP contribution < -0.4 is 5.73 Å². The van der Waals surface area contributed by atoms with Crippen molar-refractivity contribution >= 4 is 0 Å². The minimum atomic E-state index is 0.0902. The average Bonchev–Trinajstić information content (AvgIpc) is 2.34. The lowest BCUT2D eigenvalue weighted by Crippen LogP contribution is -2.59. The lowest BCUT2D eigenvalue weighted by molar-refractivity contribution is -0.0349. The Kier molecular flexibility index (Phi) is 2.54. The SMILES string of the molecule is Cc1cc(C#CC23CC4CC(CC(N)(C4)C2)C3)ccn1. The van der Waals surface area contributed by atoms with E-state index in [2.05, 4.69) is 22.9 Å². The van der Waals surface area contributed by atoms with Crippen LogP contribution in [0.15, 0.2) is 18.3 Å². The second kappa shape index (κ2) is 4.09. The Balaban J connectivity index is 1.66. The molecule has 0 spiro atoms. The van der Waals surface area contributed by atoms with Gasteiger partial charge in [0.15, 0.2) is 0 Å². The summed E-state index contributed by atoms with van der Waals surface area (Å²) in [6, 6.07) is 4.09. The molecule has 0 radical (unpaired) electrons. The molecule has 4 aliphatic carbocycles. The van der Waals surface area contributed by atoms with Gasteiger partial charge in [0.05, 0.1) is 0 Å². The fraction of sp³-hybridized carbons (Fsp3) is 0.611. The van der Waals surface area contributed by atoms with Crippen LogP contribution in [-0.2, 0) is 0 Å². The van der Waals surface area contributed by atoms with Crippen LogP contribution in [0.5, 0.6) is 0 Å². The van der Waals surface area contributed by atoms with Gasteiger partial charge in [-0.2, -0.15) is 0 Å². The number of nitrogens with two attached hydrogens (primary N) is 1. The highest BCUT2D eigenvalue weighted by molar-refractivity contribution is 5.37. The van der Waals surface area contributed by atoms with Gasteiger partial charge in [0.25, 0.3) is 0 Å². The molecule has 104 valence electrons. The van der Waals surface area contributed by atoms with Crippen molar-refractivity contribution < 1.29 is 0 Å². The molecule has 20 heavy (non-hydrogen) atoms. The predicted octanol–water partition coefficient (Wildman–Crippen LogP) is 3.04. The Morgan fingerprint density at radius 3 is 2.65 bits per heavy atom. The third-order valence-corrected chi connectivity index (χ3v) is 5.48. The third kappa shape index (κ3) is 2.05.